The first-order valence-electron chi connectivity index (χ1n) is 5.23. The molecule has 16 heavy (non-hydrogen) atoms. The molecule has 0 saturated heterocycles. The number of fused-ring (bicyclic) bond motifs is 1. The molecule has 82 valence electrons. The quantitative estimate of drug-likeness (QED) is 0.597. The van der Waals surface area contributed by atoms with E-state index < -0.39 is 0 Å². The van der Waals surface area contributed by atoms with Gasteiger partial charge in [0.25, 0.3) is 0 Å². The summed E-state index contributed by atoms with van der Waals surface area (Å²) in [6.45, 7) is 0. The van der Waals surface area contributed by atoms with E-state index in [0.29, 0.717) is 12.8 Å². The van der Waals surface area contributed by atoms with Crippen LogP contribution < -0.4 is 11.1 Å². The minimum Gasteiger partial charge on any atom is -0.343 e. The smallest absolute Gasteiger partial charge is 0.208 e. The molecule has 0 spiro atoms. The zero-order valence-corrected chi connectivity index (χ0v) is 8.89. The number of nitrogens with two attached hydrogens (primary N) is 1. The number of carbonyl (C=O) groups is 1. The van der Waals surface area contributed by atoms with Gasteiger partial charge in [0.2, 0.25) is 6.41 Å². The lowest BCUT2D eigenvalue weighted by Crippen LogP contribution is -2.38. The first kappa shape index (κ1) is 10.6. The summed E-state index contributed by atoms with van der Waals surface area (Å²) in [5, 5.41) is 4.94. The molecule has 0 heterocycles. The molecule has 1 atom stereocenters. The summed E-state index contributed by atoms with van der Waals surface area (Å²) in [5.41, 5.74) is 6.92. The van der Waals surface area contributed by atoms with Crippen molar-refractivity contribution >= 4 is 17.2 Å². The van der Waals surface area contributed by atoms with Crippen LogP contribution in [0.2, 0.25) is 0 Å². The molecule has 2 rings (SSSR count). The number of carbonyl (C=O) groups excluding carboxylic acids is 1. The molecular weight excluding hydrogens is 200 g/mol. The van der Waals surface area contributed by atoms with E-state index in [2.05, 4.69) is 23.5 Å². The van der Waals surface area contributed by atoms with E-state index in [9.17, 15) is 4.79 Å². The number of amides is 1. The van der Waals surface area contributed by atoms with Crippen LogP contribution in [-0.2, 0) is 11.2 Å². The third-order valence-electron chi connectivity index (χ3n) is 2.60. The van der Waals surface area contributed by atoms with Gasteiger partial charge in [0, 0.05) is 6.42 Å². The van der Waals surface area contributed by atoms with Gasteiger partial charge in [-0.3, -0.25) is 4.79 Å². The topological polar surface area (TPSA) is 55.1 Å². The summed E-state index contributed by atoms with van der Waals surface area (Å²) in [5.74, 6) is 0. The molecule has 2 aromatic rings. The second-order valence-electron chi connectivity index (χ2n) is 3.73. The SMILES string of the molecule is N[C@H](Cc1cccc2ccccc12)NC=O. The van der Waals surface area contributed by atoms with Crippen molar-refractivity contribution in [2.24, 2.45) is 5.73 Å². The van der Waals surface area contributed by atoms with E-state index in [1.165, 1.54) is 10.8 Å². The highest BCUT2D eigenvalue weighted by molar-refractivity contribution is 5.85. The highest BCUT2D eigenvalue weighted by atomic mass is 16.1. The van der Waals surface area contributed by atoms with Crippen molar-refractivity contribution in [3.63, 3.8) is 0 Å². The first-order chi connectivity index (χ1) is 7.81. The summed E-state index contributed by atoms with van der Waals surface area (Å²) >= 11 is 0. The second-order valence-corrected chi connectivity index (χ2v) is 3.73. The highest BCUT2D eigenvalue weighted by Crippen LogP contribution is 2.18. The van der Waals surface area contributed by atoms with E-state index in [1.807, 2.05) is 24.3 Å². The van der Waals surface area contributed by atoms with Crippen molar-refractivity contribution in [1.82, 2.24) is 5.32 Å². The Balaban J connectivity index is 2.33. The molecule has 3 heteroatoms. The van der Waals surface area contributed by atoms with Gasteiger partial charge in [-0.2, -0.15) is 0 Å². The minimum absolute atomic E-state index is 0.330. The predicted octanol–water partition coefficient (Wildman–Crippen LogP) is 1.41. The van der Waals surface area contributed by atoms with Crippen LogP contribution in [0, 0.1) is 0 Å². The normalized spacial score (nSPS) is 12.3. The average Bonchev–Trinajstić information content (AvgIpc) is 2.30. The molecule has 0 aliphatic rings. The third-order valence-corrected chi connectivity index (χ3v) is 2.60. The second kappa shape index (κ2) is 4.77. The van der Waals surface area contributed by atoms with Crippen molar-refractivity contribution in [2.45, 2.75) is 12.6 Å². The summed E-state index contributed by atoms with van der Waals surface area (Å²) in [7, 11) is 0. The fourth-order valence-corrected chi connectivity index (χ4v) is 1.85. The van der Waals surface area contributed by atoms with Crippen LogP contribution in [0.1, 0.15) is 5.56 Å². The van der Waals surface area contributed by atoms with Gasteiger partial charge in [-0.25, -0.2) is 0 Å². The lowest BCUT2D eigenvalue weighted by atomic mass is 10.0. The summed E-state index contributed by atoms with van der Waals surface area (Å²) in [6, 6.07) is 14.3. The summed E-state index contributed by atoms with van der Waals surface area (Å²) in [4.78, 5) is 10.3. The molecule has 3 nitrogen and oxygen atoms in total. The van der Waals surface area contributed by atoms with Gasteiger partial charge >= 0.3 is 0 Å². The monoisotopic (exact) mass is 214 g/mol. The molecular formula is C13H14N2O. The van der Waals surface area contributed by atoms with Gasteiger partial charge in [0.1, 0.15) is 0 Å². The number of rotatable bonds is 4. The van der Waals surface area contributed by atoms with Gasteiger partial charge in [0.05, 0.1) is 6.17 Å². The van der Waals surface area contributed by atoms with E-state index in [4.69, 9.17) is 5.73 Å². The fraction of sp³-hybridized carbons (Fsp3) is 0.154. The maximum absolute atomic E-state index is 10.3. The molecule has 2 aromatic carbocycles. The van der Waals surface area contributed by atoms with Crippen molar-refractivity contribution in [2.75, 3.05) is 0 Å². The van der Waals surface area contributed by atoms with Gasteiger partial charge in [-0.05, 0) is 16.3 Å². The standard InChI is InChI=1S/C13H14N2O/c14-13(15-9-16)8-11-6-3-5-10-4-1-2-7-12(10)11/h1-7,9,13H,8,14H2,(H,15,16)/t13-/m0/s1. The van der Waals surface area contributed by atoms with Crippen LogP contribution in [0.5, 0.6) is 0 Å². The number of hydrogen-bond acceptors (Lipinski definition) is 2. The number of nitrogens with one attached hydrogen (secondary N) is 1. The Morgan fingerprint density at radius 2 is 1.94 bits per heavy atom. The fourth-order valence-electron chi connectivity index (χ4n) is 1.85. The molecule has 0 aromatic heterocycles. The van der Waals surface area contributed by atoms with Crippen LogP contribution in [0.3, 0.4) is 0 Å². The Bertz CT molecular complexity index is 491. The lowest BCUT2D eigenvalue weighted by molar-refractivity contribution is -0.110. The molecule has 0 unspecified atom stereocenters. The molecule has 1 amide bonds. The average molecular weight is 214 g/mol. The number of hydrogen-bond donors (Lipinski definition) is 2. The van der Waals surface area contributed by atoms with Crippen LogP contribution in [0.25, 0.3) is 10.8 Å². The molecule has 0 aliphatic heterocycles. The molecule has 0 bridgehead atoms. The van der Waals surface area contributed by atoms with Gasteiger partial charge in [-0.1, -0.05) is 42.5 Å². The van der Waals surface area contributed by atoms with Crippen molar-refractivity contribution < 1.29 is 4.79 Å². The maximum atomic E-state index is 10.3. The van der Waals surface area contributed by atoms with Crippen LogP contribution >= 0.6 is 0 Å². The maximum Gasteiger partial charge on any atom is 0.208 e. The summed E-state index contributed by atoms with van der Waals surface area (Å²) < 4.78 is 0. The lowest BCUT2D eigenvalue weighted by Gasteiger charge is -2.12. The minimum atomic E-state index is -0.330. The van der Waals surface area contributed by atoms with Gasteiger partial charge < -0.3 is 11.1 Å². The van der Waals surface area contributed by atoms with Gasteiger partial charge in [0.15, 0.2) is 0 Å². The van der Waals surface area contributed by atoms with E-state index >= 15 is 0 Å². The van der Waals surface area contributed by atoms with Crippen LogP contribution in [0.4, 0.5) is 0 Å². The molecule has 0 fully saturated rings. The van der Waals surface area contributed by atoms with Crippen molar-refractivity contribution in [3.05, 3.63) is 48.0 Å². The third kappa shape index (κ3) is 2.20. The van der Waals surface area contributed by atoms with E-state index in [0.717, 1.165) is 5.56 Å². The Labute approximate surface area is 94.3 Å². The largest absolute Gasteiger partial charge is 0.343 e. The number of benzene rings is 2. The zero-order chi connectivity index (χ0) is 11.4. The first-order valence-corrected chi connectivity index (χ1v) is 5.23. The van der Waals surface area contributed by atoms with Crippen LogP contribution in [0.15, 0.2) is 42.5 Å². The zero-order valence-electron chi connectivity index (χ0n) is 8.89. The molecule has 0 saturated carbocycles. The molecule has 3 N–H and O–H groups in total. The predicted molar refractivity (Wildman–Crippen MR) is 64.8 cm³/mol. The Morgan fingerprint density at radius 1 is 1.19 bits per heavy atom. The van der Waals surface area contributed by atoms with Gasteiger partial charge in [-0.15, -0.1) is 0 Å². The Kier molecular flexibility index (Phi) is 3.17. The molecule has 0 radical (unpaired) electrons. The van der Waals surface area contributed by atoms with Crippen molar-refractivity contribution in [1.29, 1.82) is 0 Å². The van der Waals surface area contributed by atoms with E-state index in [-0.39, 0.29) is 6.17 Å². The van der Waals surface area contributed by atoms with E-state index in [1.54, 1.807) is 0 Å². The van der Waals surface area contributed by atoms with Crippen LogP contribution in [-0.4, -0.2) is 12.6 Å². The summed E-state index contributed by atoms with van der Waals surface area (Å²) in [6.07, 6.45) is 0.943. The Hall–Kier alpha value is -1.87. The molecule has 0 aliphatic carbocycles. The highest BCUT2D eigenvalue weighted by Gasteiger charge is 2.05. The Morgan fingerprint density at radius 3 is 2.75 bits per heavy atom. The van der Waals surface area contributed by atoms with Crippen molar-refractivity contribution in [3.8, 4) is 0 Å².